The molecule has 0 saturated carbocycles. The molecule has 13 heavy (non-hydrogen) atoms. The van der Waals surface area contributed by atoms with Crippen LogP contribution in [0.3, 0.4) is 0 Å². The van der Waals surface area contributed by atoms with Gasteiger partial charge in [-0.3, -0.25) is 0 Å². The van der Waals surface area contributed by atoms with Gasteiger partial charge in [0.25, 0.3) is 0 Å². The Labute approximate surface area is 105 Å². The summed E-state index contributed by atoms with van der Waals surface area (Å²) in [5.74, 6) is 0.580. The molecule has 0 aliphatic heterocycles. The second-order valence-electron chi connectivity index (χ2n) is 3.25. The smallest absolute Gasteiger partial charge is 0.0233 e. The predicted molar refractivity (Wildman–Crippen MR) is 59.3 cm³/mol. The van der Waals surface area contributed by atoms with Gasteiger partial charge in [0.1, 0.15) is 0 Å². The van der Waals surface area contributed by atoms with Crippen LogP contribution < -0.4 is 0 Å². The van der Waals surface area contributed by atoms with E-state index >= 15 is 0 Å². The molecule has 60 valence electrons. The maximum absolute atomic E-state index is 3.57. The van der Waals surface area contributed by atoms with E-state index in [9.17, 15) is 0 Å². The molecule has 0 saturated heterocycles. The average Bonchev–Trinajstić information content (AvgIpc) is 2.49. The van der Waals surface area contributed by atoms with Gasteiger partial charge >= 0.3 is 0 Å². The van der Waals surface area contributed by atoms with Crippen molar-refractivity contribution >= 4 is 45.9 Å². The van der Waals surface area contributed by atoms with Crippen molar-refractivity contribution in [1.82, 2.24) is 0 Å². The minimum atomic E-state index is 0. The van der Waals surface area contributed by atoms with Crippen LogP contribution in [0.2, 0.25) is 6.04 Å². The number of hydrogen-bond acceptors (Lipinski definition) is 0. The number of benzene rings is 1. The first kappa shape index (κ1) is 11.3. The summed E-state index contributed by atoms with van der Waals surface area (Å²) in [5, 5.41) is 0. The van der Waals surface area contributed by atoms with Crippen LogP contribution in [0.25, 0.3) is 6.08 Å². The van der Waals surface area contributed by atoms with Crippen molar-refractivity contribution in [2.75, 3.05) is 0 Å². The van der Waals surface area contributed by atoms with Crippen LogP contribution in [-0.2, 0) is 0 Å². The van der Waals surface area contributed by atoms with Gasteiger partial charge in [-0.05, 0) is 29.5 Å². The molecule has 2 rings (SSSR count). The first-order chi connectivity index (χ1) is 5.83. The van der Waals surface area contributed by atoms with Gasteiger partial charge in [-0.25, -0.2) is 0 Å². The Balaban J connectivity index is 0.000000845. The number of hydrogen-bond donors (Lipinski definition) is 0. The van der Waals surface area contributed by atoms with Crippen LogP contribution in [0.4, 0.5) is 0 Å². The van der Waals surface area contributed by atoms with Gasteiger partial charge in [0.05, 0.1) is 0 Å². The molecule has 1 unspecified atom stereocenters. The van der Waals surface area contributed by atoms with Gasteiger partial charge in [-0.1, -0.05) is 36.4 Å². The van der Waals surface area contributed by atoms with Crippen LogP contribution in [0.5, 0.6) is 0 Å². The summed E-state index contributed by atoms with van der Waals surface area (Å²) in [6.07, 6.45) is 4.50. The largest absolute Gasteiger partial charge is 0.0767 e. The number of rotatable bonds is 1. The zero-order valence-corrected chi connectivity index (χ0v) is 11.2. The van der Waals surface area contributed by atoms with E-state index in [1.165, 1.54) is 16.7 Å². The Hall–Kier alpha value is 0.177. The van der Waals surface area contributed by atoms with Crippen molar-refractivity contribution in [3.8, 4) is 0 Å². The van der Waals surface area contributed by atoms with E-state index in [2.05, 4.69) is 47.5 Å². The summed E-state index contributed by atoms with van der Waals surface area (Å²) in [4.78, 5) is 0. The van der Waals surface area contributed by atoms with Crippen molar-refractivity contribution in [2.45, 2.75) is 18.9 Å². The van der Waals surface area contributed by atoms with Gasteiger partial charge in [-0.2, -0.15) is 0 Å². The predicted octanol–water partition coefficient (Wildman–Crippen LogP) is 2.31. The Morgan fingerprint density at radius 1 is 1.38 bits per heavy atom. The fraction of sp³-hybridized carbons (Fsp3) is 0.273. The quantitative estimate of drug-likeness (QED) is 0.602. The number of aryl methyl sites for hydroxylation is 1. The Morgan fingerprint density at radius 3 is 2.85 bits per heavy atom. The molecule has 1 aliphatic rings. The normalized spacial score (nSPS) is 18.2. The molecule has 0 heterocycles. The van der Waals surface area contributed by atoms with Crippen LogP contribution in [0.1, 0.15) is 22.6 Å². The third-order valence-corrected chi connectivity index (χ3v) is 2.91. The molecule has 1 aliphatic carbocycles. The van der Waals surface area contributed by atoms with Gasteiger partial charge in [0, 0.05) is 39.8 Å². The molecule has 0 fully saturated rings. The zero-order chi connectivity index (χ0) is 8.55. The molecule has 4 radical (unpaired) electrons. The Bertz CT molecular complexity index is 331. The first-order valence-corrected chi connectivity index (χ1v) is 4.96. The van der Waals surface area contributed by atoms with Crippen LogP contribution in [0, 0.1) is 6.92 Å². The van der Waals surface area contributed by atoms with Crippen molar-refractivity contribution < 1.29 is 0 Å². The molecule has 0 bridgehead atoms. The second kappa shape index (κ2) is 4.60. The summed E-state index contributed by atoms with van der Waals surface area (Å²) < 4.78 is 0. The van der Waals surface area contributed by atoms with E-state index in [1.807, 2.05) is 0 Å². The van der Waals surface area contributed by atoms with Crippen molar-refractivity contribution in [1.29, 1.82) is 0 Å². The molecule has 1 aromatic carbocycles. The summed E-state index contributed by atoms with van der Waals surface area (Å²) in [7, 11) is 3.57. The average molecular weight is 194 g/mol. The SMILES string of the molecule is Cc1cccc2c1C=CC2C[Si].[Na]. The van der Waals surface area contributed by atoms with Gasteiger partial charge in [0.15, 0.2) is 0 Å². The van der Waals surface area contributed by atoms with Crippen LogP contribution >= 0.6 is 0 Å². The van der Waals surface area contributed by atoms with Gasteiger partial charge in [0.2, 0.25) is 0 Å². The van der Waals surface area contributed by atoms with Crippen LogP contribution in [0.15, 0.2) is 24.3 Å². The molecule has 0 nitrogen and oxygen atoms in total. The van der Waals surface area contributed by atoms with E-state index in [-0.39, 0.29) is 29.6 Å². The third-order valence-electron chi connectivity index (χ3n) is 2.47. The Kier molecular flexibility index (Phi) is 3.99. The number of allylic oxidation sites excluding steroid dienone is 1. The van der Waals surface area contributed by atoms with Crippen molar-refractivity contribution in [2.24, 2.45) is 0 Å². The molecule has 1 atom stereocenters. The van der Waals surface area contributed by atoms with E-state index in [0.29, 0.717) is 5.92 Å². The van der Waals surface area contributed by atoms with E-state index in [1.54, 1.807) is 0 Å². The standard InChI is InChI=1S/C11H11Si.Na/c1-8-3-2-4-11-9(7-12)5-6-10(8)11;/h2-6,9H,7H2,1H3;. The second-order valence-corrected chi connectivity index (χ2v) is 3.66. The van der Waals surface area contributed by atoms with Crippen LogP contribution in [-0.4, -0.2) is 39.8 Å². The summed E-state index contributed by atoms with van der Waals surface area (Å²) >= 11 is 0. The van der Waals surface area contributed by atoms with Gasteiger partial charge in [-0.15, -0.1) is 0 Å². The maximum Gasteiger partial charge on any atom is 0.0233 e. The van der Waals surface area contributed by atoms with Crippen molar-refractivity contribution in [3.63, 3.8) is 0 Å². The van der Waals surface area contributed by atoms with E-state index in [0.717, 1.165) is 6.04 Å². The minimum absolute atomic E-state index is 0. The maximum atomic E-state index is 3.57. The molecule has 0 amide bonds. The molecule has 2 heteroatoms. The van der Waals surface area contributed by atoms with E-state index in [4.69, 9.17) is 0 Å². The first-order valence-electron chi connectivity index (χ1n) is 4.25. The molecule has 0 spiro atoms. The topological polar surface area (TPSA) is 0 Å². The third kappa shape index (κ3) is 1.99. The minimum Gasteiger partial charge on any atom is -0.0767 e. The fourth-order valence-electron chi connectivity index (χ4n) is 1.75. The summed E-state index contributed by atoms with van der Waals surface area (Å²) in [6, 6.07) is 7.54. The zero-order valence-electron chi connectivity index (χ0n) is 8.17. The molecular weight excluding hydrogens is 183 g/mol. The van der Waals surface area contributed by atoms with Gasteiger partial charge < -0.3 is 0 Å². The molecule has 1 aromatic rings. The van der Waals surface area contributed by atoms with E-state index < -0.39 is 0 Å². The summed E-state index contributed by atoms with van der Waals surface area (Å²) in [6.45, 7) is 2.17. The molecular formula is C11H11NaSi. The summed E-state index contributed by atoms with van der Waals surface area (Å²) in [5.41, 5.74) is 4.26. The number of fused-ring (bicyclic) bond motifs is 1. The fourth-order valence-corrected chi connectivity index (χ4v) is 2.10. The Morgan fingerprint density at radius 2 is 2.15 bits per heavy atom. The molecule has 0 aromatic heterocycles. The monoisotopic (exact) mass is 194 g/mol. The van der Waals surface area contributed by atoms with Crippen molar-refractivity contribution in [3.05, 3.63) is 41.0 Å². The molecule has 0 N–H and O–H groups in total.